The normalized spacial score (nSPS) is 17.1. The second kappa shape index (κ2) is 8.54. The van der Waals surface area contributed by atoms with Crippen LogP contribution in [0.25, 0.3) is 0 Å². The van der Waals surface area contributed by atoms with E-state index < -0.39 is 0 Å². The number of benzene rings is 1. The Morgan fingerprint density at radius 2 is 1.95 bits per heavy atom. The average molecular weight is 309 g/mol. The highest BCUT2D eigenvalue weighted by Crippen LogP contribution is 2.35. The molecule has 0 amide bonds. The van der Waals surface area contributed by atoms with Crippen LogP contribution in [0.5, 0.6) is 11.5 Å². The lowest BCUT2D eigenvalue weighted by atomic mass is 10.2. The first-order valence-corrected chi connectivity index (χ1v) is 8.86. The lowest BCUT2D eigenvalue weighted by molar-refractivity contribution is 0.297. The van der Waals surface area contributed by atoms with Gasteiger partial charge in [0.25, 0.3) is 0 Å². The Morgan fingerprint density at radius 1 is 1.19 bits per heavy atom. The summed E-state index contributed by atoms with van der Waals surface area (Å²) >= 11 is 1.91. The Balaban J connectivity index is 1.88. The maximum absolute atomic E-state index is 5.75. The first-order chi connectivity index (χ1) is 10.2. The standard InChI is InChI=1S/C17H27NO2S/c1-4-8-18-13(2)11-14(3)21-15-6-7-16-17(12-15)20-10-5-9-19-16/h6-7,12-14,18H,4-5,8-11H2,1-3H3. The molecular weight excluding hydrogens is 282 g/mol. The van der Waals surface area contributed by atoms with Gasteiger partial charge in [0, 0.05) is 22.6 Å². The van der Waals surface area contributed by atoms with Gasteiger partial charge in [-0.15, -0.1) is 11.8 Å². The van der Waals surface area contributed by atoms with Crippen LogP contribution in [-0.2, 0) is 0 Å². The highest BCUT2D eigenvalue weighted by molar-refractivity contribution is 7.99. The summed E-state index contributed by atoms with van der Waals surface area (Å²) < 4.78 is 11.4. The van der Waals surface area contributed by atoms with Gasteiger partial charge in [0.15, 0.2) is 11.5 Å². The maximum Gasteiger partial charge on any atom is 0.162 e. The average Bonchev–Trinajstić information content (AvgIpc) is 2.69. The van der Waals surface area contributed by atoms with Gasteiger partial charge >= 0.3 is 0 Å². The second-order valence-electron chi connectivity index (χ2n) is 5.68. The summed E-state index contributed by atoms with van der Waals surface area (Å²) in [6.07, 6.45) is 3.31. The molecular formula is C17H27NO2S. The fourth-order valence-corrected chi connectivity index (χ4v) is 3.64. The molecule has 0 saturated heterocycles. The first-order valence-electron chi connectivity index (χ1n) is 7.98. The Hall–Kier alpha value is -0.870. The molecule has 0 saturated carbocycles. The zero-order chi connectivity index (χ0) is 15.1. The van der Waals surface area contributed by atoms with Crippen molar-refractivity contribution in [1.82, 2.24) is 5.32 Å². The summed E-state index contributed by atoms with van der Waals surface area (Å²) in [5.41, 5.74) is 0. The van der Waals surface area contributed by atoms with Gasteiger partial charge in [0.2, 0.25) is 0 Å². The molecule has 2 rings (SSSR count). The quantitative estimate of drug-likeness (QED) is 0.768. The number of thioether (sulfide) groups is 1. The zero-order valence-corrected chi connectivity index (χ0v) is 14.2. The molecule has 4 heteroatoms. The van der Waals surface area contributed by atoms with Gasteiger partial charge in [-0.05, 0) is 44.5 Å². The molecule has 0 radical (unpaired) electrons. The summed E-state index contributed by atoms with van der Waals surface area (Å²) in [6, 6.07) is 6.85. The van der Waals surface area contributed by atoms with Crippen molar-refractivity contribution < 1.29 is 9.47 Å². The fraction of sp³-hybridized carbons (Fsp3) is 0.647. The van der Waals surface area contributed by atoms with Gasteiger partial charge in [0.05, 0.1) is 13.2 Å². The van der Waals surface area contributed by atoms with E-state index in [0.717, 1.165) is 37.7 Å². The monoisotopic (exact) mass is 309 g/mol. The van der Waals surface area contributed by atoms with Crippen molar-refractivity contribution in [3.05, 3.63) is 18.2 Å². The lowest BCUT2D eigenvalue weighted by Gasteiger charge is -2.18. The SMILES string of the molecule is CCCNC(C)CC(C)Sc1ccc2c(c1)OCCCO2. The third-order valence-corrected chi connectivity index (χ3v) is 4.61. The molecule has 1 aromatic rings. The lowest BCUT2D eigenvalue weighted by Crippen LogP contribution is -2.29. The number of rotatable bonds is 7. The predicted octanol–water partition coefficient (Wildman–Crippen LogP) is 4.11. The van der Waals surface area contributed by atoms with E-state index in [-0.39, 0.29) is 0 Å². The van der Waals surface area contributed by atoms with Crippen LogP contribution in [0.3, 0.4) is 0 Å². The number of hydrogen-bond donors (Lipinski definition) is 1. The maximum atomic E-state index is 5.75. The summed E-state index contributed by atoms with van der Waals surface area (Å²) in [6.45, 7) is 9.35. The smallest absolute Gasteiger partial charge is 0.162 e. The van der Waals surface area contributed by atoms with Crippen molar-refractivity contribution in [1.29, 1.82) is 0 Å². The molecule has 1 aliphatic heterocycles. The van der Waals surface area contributed by atoms with Crippen molar-refractivity contribution in [2.75, 3.05) is 19.8 Å². The van der Waals surface area contributed by atoms with Gasteiger partial charge in [-0.25, -0.2) is 0 Å². The Morgan fingerprint density at radius 3 is 2.71 bits per heavy atom. The molecule has 0 bridgehead atoms. The van der Waals surface area contributed by atoms with E-state index >= 15 is 0 Å². The van der Waals surface area contributed by atoms with E-state index in [1.54, 1.807) is 0 Å². The van der Waals surface area contributed by atoms with Crippen molar-refractivity contribution >= 4 is 11.8 Å². The molecule has 21 heavy (non-hydrogen) atoms. The Kier molecular flexibility index (Phi) is 6.71. The summed E-state index contributed by atoms with van der Waals surface area (Å²) in [5, 5.41) is 4.13. The van der Waals surface area contributed by atoms with E-state index in [1.807, 2.05) is 17.8 Å². The Bertz CT molecular complexity index is 439. The van der Waals surface area contributed by atoms with Crippen LogP contribution in [0.15, 0.2) is 23.1 Å². The second-order valence-corrected chi connectivity index (χ2v) is 7.19. The molecule has 0 aromatic heterocycles. The highest BCUT2D eigenvalue weighted by atomic mass is 32.2. The Labute approximate surface area is 132 Å². The molecule has 1 N–H and O–H groups in total. The largest absolute Gasteiger partial charge is 0.490 e. The number of ether oxygens (including phenoxy) is 2. The fourth-order valence-electron chi connectivity index (χ4n) is 2.47. The van der Waals surface area contributed by atoms with E-state index in [0.29, 0.717) is 11.3 Å². The van der Waals surface area contributed by atoms with Gasteiger partial charge in [-0.3, -0.25) is 0 Å². The summed E-state index contributed by atoms with van der Waals surface area (Å²) in [5.74, 6) is 1.77. The van der Waals surface area contributed by atoms with Crippen LogP contribution in [-0.4, -0.2) is 31.1 Å². The van der Waals surface area contributed by atoms with Crippen LogP contribution in [0.4, 0.5) is 0 Å². The van der Waals surface area contributed by atoms with Crippen LogP contribution in [0.1, 0.15) is 40.0 Å². The van der Waals surface area contributed by atoms with Crippen molar-refractivity contribution in [3.8, 4) is 11.5 Å². The molecule has 3 nitrogen and oxygen atoms in total. The molecule has 0 fully saturated rings. The molecule has 1 aromatic carbocycles. The minimum atomic E-state index is 0.563. The molecule has 2 atom stereocenters. The number of hydrogen-bond acceptors (Lipinski definition) is 4. The number of fused-ring (bicyclic) bond motifs is 1. The minimum Gasteiger partial charge on any atom is -0.490 e. The van der Waals surface area contributed by atoms with Gasteiger partial charge < -0.3 is 14.8 Å². The van der Waals surface area contributed by atoms with Crippen molar-refractivity contribution in [3.63, 3.8) is 0 Å². The molecule has 0 aliphatic carbocycles. The van der Waals surface area contributed by atoms with Crippen LogP contribution in [0, 0.1) is 0 Å². The topological polar surface area (TPSA) is 30.5 Å². The highest BCUT2D eigenvalue weighted by Gasteiger charge is 2.14. The zero-order valence-electron chi connectivity index (χ0n) is 13.4. The summed E-state index contributed by atoms with van der Waals surface area (Å²) in [4.78, 5) is 1.26. The van der Waals surface area contributed by atoms with E-state index in [2.05, 4.69) is 38.2 Å². The van der Waals surface area contributed by atoms with E-state index in [1.165, 1.54) is 17.7 Å². The predicted molar refractivity (Wildman–Crippen MR) is 89.7 cm³/mol. The van der Waals surface area contributed by atoms with Crippen molar-refractivity contribution in [2.24, 2.45) is 0 Å². The first kappa shape index (κ1) is 16.5. The minimum absolute atomic E-state index is 0.563. The summed E-state index contributed by atoms with van der Waals surface area (Å²) in [7, 11) is 0. The van der Waals surface area contributed by atoms with E-state index in [9.17, 15) is 0 Å². The van der Waals surface area contributed by atoms with E-state index in [4.69, 9.17) is 9.47 Å². The van der Waals surface area contributed by atoms with Gasteiger partial charge in [0.1, 0.15) is 0 Å². The number of nitrogens with one attached hydrogen (secondary N) is 1. The van der Waals surface area contributed by atoms with Gasteiger partial charge in [-0.2, -0.15) is 0 Å². The van der Waals surface area contributed by atoms with Gasteiger partial charge in [-0.1, -0.05) is 13.8 Å². The molecule has 1 aliphatic rings. The molecule has 1 heterocycles. The van der Waals surface area contributed by atoms with Crippen LogP contribution < -0.4 is 14.8 Å². The third-order valence-electron chi connectivity index (χ3n) is 3.48. The van der Waals surface area contributed by atoms with Crippen LogP contribution in [0.2, 0.25) is 0 Å². The molecule has 2 unspecified atom stereocenters. The van der Waals surface area contributed by atoms with Crippen molar-refractivity contribution in [2.45, 2.75) is 56.2 Å². The third kappa shape index (κ3) is 5.44. The molecule has 118 valence electrons. The van der Waals surface area contributed by atoms with Crippen LogP contribution >= 0.6 is 11.8 Å². The molecule has 0 spiro atoms.